The van der Waals surface area contributed by atoms with Gasteiger partial charge in [0, 0.05) is 16.5 Å². The Labute approximate surface area is 214 Å². The molecule has 0 spiro atoms. The first-order chi connectivity index (χ1) is 17.0. The van der Waals surface area contributed by atoms with Crippen LogP contribution < -0.4 is 5.73 Å². The highest BCUT2D eigenvalue weighted by molar-refractivity contribution is 8.02. The molecule has 1 aliphatic rings. The Morgan fingerprint density at radius 1 is 1.28 bits per heavy atom. The van der Waals surface area contributed by atoms with E-state index in [9.17, 15) is 13.7 Å². The molecule has 9 heteroatoms. The minimum atomic E-state index is -3.78. The number of hydrogen-bond donors (Lipinski definition) is 2. The van der Waals surface area contributed by atoms with Gasteiger partial charge in [0.2, 0.25) is 10.0 Å². The zero-order valence-electron chi connectivity index (χ0n) is 20.5. The quantitative estimate of drug-likeness (QED) is 0.382. The molecule has 4 aromatic rings. The predicted octanol–water partition coefficient (Wildman–Crippen LogP) is 5.06. The fourth-order valence-electron chi connectivity index (χ4n) is 4.85. The largest absolute Gasteiger partial charge is 0.340 e. The molecule has 7 nitrogen and oxygen atoms in total. The topological polar surface area (TPSA) is 118 Å². The summed E-state index contributed by atoms with van der Waals surface area (Å²) in [5.41, 5.74) is 10.0. The van der Waals surface area contributed by atoms with Crippen molar-refractivity contribution in [2.24, 2.45) is 5.73 Å². The molecule has 0 aliphatic heterocycles. The van der Waals surface area contributed by atoms with Crippen LogP contribution in [0.15, 0.2) is 65.7 Å². The van der Waals surface area contributed by atoms with Crippen LogP contribution in [-0.2, 0) is 15.6 Å². The van der Waals surface area contributed by atoms with E-state index >= 15 is 0 Å². The average Bonchev–Trinajstić information content (AvgIpc) is 3.49. The fourth-order valence-corrected chi connectivity index (χ4v) is 7.27. The van der Waals surface area contributed by atoms with E-state index in [1.54, 1.807) is 31.3 Å². The van der Waals surface area contributed by atoms with Gasteiger partial charge < -0.3 is 10.7 Å². The lowest BCUT2D eigenvalue weighted by Crippen LogP contribution is -2.38. The van der Waals surface area contributed by atoms with Gasteiger partial charge in [0.15, 0.2) is 0 Å². The number of aryl methyl sites for hydroxylation is 1. The Morgan fingerprint density at radius 3 is 2.78 bits per heavy atom. The van der Waals surface area contributed by atoms with Crippen molar-refractivity contribution in [3.63, 3.8) is 0 Å². The number of fused-ring (bicyclic) bond motifs is 2. The molecule has 2 aromatic carbocycles. The van der Waals surface area contributed by atoms with E-state index in [-0.39, 0.29) is 0 Å². The van der Waals surface area contributed by atoms with E-state index in [1.165, 1.54) is 15.7 Å². The monoisotopic (exact) mass is 517 g/mol. The van der Waals surface area contributed by atoms with Crippen LogP contribution in [0.4, 0.5) is 0 Å². The van der Waals surface area contributed by atoms with Gasteiger partial charge in [-0.15, -0.1) is 11.8 Å². The lowest BCUT2D eigenvalue weighted by molar-refractivity contribution is 0.554. The van der Waals surface area contributed by atoms with Crippen LogP contribution in [-0.4, -0.2) is 33.4 Å². The third-order valence-corrected chi connectivity index (χ3v) is 10.0. The molecule has 0 bridgehead atoms. The van der Waals surface area contributed by atoms with Crippen LogP contribution in [0.5, 0.6) is 0 Å². The summed E-state index contributed by atoms with van der Waals surface area (Å²) in [5, 5.41) is 9.98. The summed E-state index contributed by atoms with van der Waals surface area (Å²) >= 11 is 1.53. The van der Waals surface area contributed by atoms with Gasteiger partial charge in [-0.25, -0.2) is 17.4 Å². The van der Waals surface area contributed by atoms with Crippen LogP contribution in [0.2, 0.25) is 0 Å². The Hall–Kier alpha value is -3.32. The SMILES string of the molecule is CSC1=CC(C)(S(=O)(=O)n2ccc3c(C(C)(N)c4nc5ccc(C#N)cc5[nH]4)ccc(C)c32)CC=C1. The van der Waals surface area contributed by atoms with Crippen molar-refractivity contribution in [1.29, 1.82) is 5.26 Å². The molecule has 2 heterocycles. The maximum atomic E-state index is 14.0. The molecular formula is C27H27N5O2S2. The zero-order valence-corrected chi connectivity index (χ0v) is 22.2. The first-order valence-corrected chi connectivity index (χ1v) is 14.2. The van der Waals surface area contributed by atoms with Gasteiger partial charge in [-0.3, -0.25) is 0 Å². The molecule has 3 N–H and O–H groups in total. The second kappa shape index (κ2) is 8.37. The van der Waals surface area contributed by atoms with Crippen molar-refractivity contribution in [2.45, 2.75) is 37.5 Å². The molecule has 5 rings (SSSR count). The van der Waals surface area contributed by atoms with Gasteiger partial charge in [-0.05, 0) is 74.9 Å². The number of benzene rings is 2. The highest BCUT2D eigenvalue weighted by atomic mass is 32.2. The standard InChI is InChI=1S/C27H27N5O2S2/c1-17-7-9-21(27(3,29)25-30-22-10-8-18(16-28)14-23(22)31-25)20-11-13-32(24(17)20)36(33,34)26(2)12-5-6-19(15-26)35-4/h5-11,13-15H,12,29H2,1-4H3,(H,30,31). The van der Waals surface area contributed by atoms with Gasteiger partial charge in [0.25, 0.3) is 0 Å². The molecule has 1 aliphatic carbocycles. The van der Waals surface area contributed by atoms with E-state index in [1.807, 2.05) is 56.5 Å². The third kappa shape index (κ3) is 3.60. The van der Waals surface area contributed by atoms with Crippen molar-refractivity contribution < 1.29 is 8.42 Å². The van der Waals surface area contributed by atoms with Gasteiger partial charge in [-0.2, -0.15) is 5.26 Å². The summed E-state index contributed by atoms with van der Waals surface area (Å²) in [6, 6.07) is 13.0. The van der Waals surface area contributed by atoms with Crippen LogP contribution in [0.3, 0.4) is 0 Å². The van der Waals surface area contributed by atoms with E-state index in [0.717, 1.165) is 26.9 Å². The molecule has 0 fully saturated rings. The van der Waals surface area contributed by atoms with Gasteiger partial charge >= 0.3 is 0 Å². The number of hydrogen-bond acceptors (Lipinski definition) is 6. The number of aromatic amines is 1. The molecule has 0 saturated heterocycles. The summed E-state index contributed by atoms with van der Waals surface area (Å²) in [6.07, 6.45) is 9.69. The first-order valence-electron chi connectivity index (χ1n) is 11.5. The van der Waals surface area contributed by atoms with E-state index < -0.39 is 20.3 Å². The molecule has 2 aromatic heterocycles. The van der Waals surface area contributed by atoms with Gasteiger partial charge in [0.1, 0.15) is 10.6 Å². The molecule has 0 saturated carbocycles. The normalized spacial score (nSPS) is 19.8. The average molecular weight is 518 g/mol. The summed E-state index contributed by atoms with van der Waals surface area (Å²) in [5.74, 6) is 0.533. The number of nitrogens with one attached hydrogen (secondary N) is 1. The molecule has 0 radical (unpaired) electrons. The van der Waals surface area contributed by atoms with Crippen LogP contribution in [0.1, 0.15) is 42.8 Å². The summed E-state index contributed by atoms with van der Waals surface area (Å²) in [4.78, 5) is 8.89. The fraction of sp³-hybridized carbons (Fsp3) is 0.259. The van der Waals surface area contributed by atoms with E-state index in [0.29, 0.717) is 28.8 Å². The smallest absolute Gasteiger partial charge is 0.248 e. The summed E-state index contributed by atoms with van der Waals surface area (Å²) < 4.78 is 28.3. The molecular weight excluding hydrogens is 490 g/mol. The second-order valence-electron chi connectivity index (χ2n) is 9.61. The molecule has 2 unspecified atom stereocenters. The van der Waals surface area contributed by atoms with Crippen molar-refractivity contribution >= 4 is 43.7 Å². The Bertz CT molecular complexity index is 1730. The minimum Gasteiger partial charge on any atom is -0.340 e. The number of H-pyrrole nitrogens is 1. The number of nitrogens with two attached hydrogens (primary N) is 1. The number of thioether (sulfide) groups is 1. The zero-order chi connectivity index (χ0) is 25.9. The summed E-state index contributed by atoms with van der Waals surface area (Å²) in [6.45, 7) is 5.53. The second-order valence-corrected chi connectivity index (χ2v) is 12.8. The van der Waals surface area contributed by atoms with E-state index in [4.69, 9.17) is 10.7 Å². The number of aromatic nitrogens is 3. The first kappa shape index (κ1) is 24.4. The lowest BCUT2D eigenvalue weighted by atomic mass is 9.89. The van der Waals surface area contributed by atoms with Crippen LogP contribution in [0.25, 0.3) is 21.9 Å². The Balaban J connectivity index is 1.67. The third-order valence-electron chi connectivity index (χ3n) is 7.02. The number of allylic oxidation sites excluding steroid dienone is 2. The molecule has 36 heavy (non-hydrogen) atoms. The summed E-state index contributed by atoms with van der Waals surface area (Å²) in [7, 11) is -3.78. The highest BCUT2D eigenvalue weighted by Gasteiger charge is 2.40. The van der Waals surface area contributed by atoms with Crippen molar-refractivity contribution in [2.75, 3.05) is 6.26 Å². The number of nitrogens with zero attached hydrogens (tertiary/aromatic N) is 3. The van der Waals surface area contributed by atoms with Crippen molar-refractivity contribution in [3.8, 4) is 6.07 Å². The Kier molecular flexibility index (Phi) is 5.67. The predicted molar refractivity (Wildman–Crippen MR) is 146 cm³/mol. The molecule has 184 valence electrons. The van der Waals surface area contributed by atoms with E-state index in [2.05, 4.69) is 11.1 Å². The van der Waals surface area contributed by atoms with Crippen LogP contribution >= 0.6 is 11.8 Å². The highest BCUT2D eigenvalue weighted by Crippen LogP contribution is 2.39. The Morgan fingerprint density at radius 2 is 2.06 bits per heavy atom. The number of nitriles is 1. The maximum Gasteiger partial charge on any atom is 0.248 e. The van der Waals surface area contributed by atoms with Crippen molar-refractivity contribution in [3.05, 3.63) is 88.2 Å². The number of rotatable bonds is 5. The van der Waals surface area contributed by atoms with Gasteiger partial charge in [-0.1, -0.05) is 24.3 Å². The molecule has 2 atom stereocenters. The van der Waals surface area contributed by atoms with Gasteiger partial charge in [0.05, 0.1) is 33.7 Å². The number of imidazole rings is 1. The minimum absolute atomic E-state index is 0.399. The van der Waals surface area contributed by atoms with Crippen LogP contribution in [0, 0.1) is 18.3 Å². The maximum absolute atomic E-state index is 14.0. The van der Waals surface area contributed by atoms with Crippen molar-refractivity contribution in [1.82, 2.24) is 13.9 Å². The molecule has 0 amide bonds. The lowest BCUT2D eigenvalue weighted by Gasteiger charge is -2.29.